The molecule has 0 radical (unpaired) electrons. The van der Waals surface area contributed by atoms with Crippen molar-refractivity contribution in [2.45, 2.75) is 39.2 Å². The van der Waals surface area contributed by atoms with Crippen molar-refractivity contribution in [3.05, 3.63) is 0 Å². The molecule has 2 atom stereocenters. The Balaban J connectivity index is 2.17. The SMILES string of the molecule is CCC(C)CC1(C)CN1. The zero-order valence-corrected chi connectivity index (χ0v) is 6.70. The molecule has 1 rings (SSSR count). The number of nitrogens with one attached hydrogen (secondary N) is 1. The van der Waals surface area contributed by atoms with Crippen molar-refractivity contribution < 1.29 is 0 Å². The van der Waals surface area contributed by atoms with E-state index < -0.39 is 0 Å². The van der Waals surface area contributed by atoms with E-state index in [1.165, 1.54) is 19.4 Å². The van der Waals surface area contributed by atoms with Crippen LogP contribution in [-0.2, 0) is 0 Å². The van der Waals surface area contributed by atoms with Gasteiger partial charge in [0.1, 0.15) is 0 Å². The van der Waals surface area contributed by atoms with Crippen molar-refractivity contribution in [1.82, 2.24) is 5.32 Å². The Morgan fingerprint density at radius 2 is 2.22 bits per heavy atom. The second-order valence-corrected chi connectivity index (χ2v) is 3.63. The van der Waals surface area contributed by atoms with E-state index in [0.29, 0.717) is 5.54 Å². The molecule has 1 heteroatoms. The fourth-order valence-corrected chi connectivity index (χ4v) is 1.21. The molecule has 0 aromatic rings. The van der Waals surface area contributed by atoms with Crippen molar-refractivity contribution in [3.63, 3.8) is 0 Å². The van der Waals surface area contributed by atoms with Crippen LogP contribution >= 0.6 is 0 Å². The van der Waals surface area contributed by atoms with E-state index >= 15 is 0 Å². The molecule has 0 aromatic carbocycles. The molecule has 0 saturated carbocycles. The van der Waals surface area contributed by atoms with Gasteiger partial charge >= 0.3 is 0 Å². The van der Waals surface area contributed by atoms with E-state index in [4.69, 9.17) is 0 Å². The molecule has 9 heavy (non-hydrogen) atoms. The lowest BCUT2D eigenvalue weighted by Gasteiger charge is -2.11. The summed E-state index contributed by atoms with van der Waals surface area (Å²) >= 11 is 0. The molecule has 0 amide bonds. The van der Waals surface area contributed by atoms with Crippen molar-refractivity contribution in [2.75, 3.05) is 6.54 Å². The normalized spacial score (nSPS) is 36.3. The summed E-state index contributed by atoms with van der Waals surface area (Å²) in [7, 11) is 0. The van der Waals surface area contributed by atoms with Crippen LogP contribution in [0.4, 0.5) is 0 Å². The van der Waals surface area contributed by atoms with Gasteiger partial charge in [-0.05, 0) is 19.3 Å². The maximum Gasteiger partial charge on any atom is 0.0281 e. The number of hydrogen-bond donors (Lipinski definition) is 1. The van der Waals surface area contributed by atoms with Crippen LogP contribution in [0.2, 0.25) is 0 Å². The van der Waals surface area contributed by atoms with E-state index in [0.717, 1.165) is 5.92 Å². The van der Waals surface area contributed by atoms with Crippen molar-refractivity contribution >= 4 is 0 Å². The van der Waals surface area contributed by atoms with Crippen LogP contribution in [0.3, 0.4) is 0 Å². The molecular weight excluding hydrogens is 110 g/mol. The topological polar surface area (TPSA) is 21.9 Å². The molecule has 1 heterocycles. The first-order valence-electron chi connectivity index (χ1n) is 3.91. The predicted octanol–water partition coefficient (Wildman–Crippen LogP) is 1.78. The van der Waals surface area contributed by atoms with Gasteiger partial charge in [0.2, 0.25) is 0 Å². The van der Waals surface area contributed by atoms with Gasteiger partial charge in [0.25, 0.3) is 0 Å². The molecule has 1 aliphatic heterocycles. The lowest BCUT2D eigenvalue weighted by molar-refractivity contribution is 0.448. The largest absolute Gasteiger partial charge is 0.308 e. The van der Waals surface area contributed by atoms with Crippen LogP contribution in [0.5, 0.6) is 0 Å². The minimum atomic E-state index is 0.523. The summed E-state index contributed by atoms with van der Waals surface area (Å²) in [5, 5.41) is 3.38. The average molecular weight is 127 g/mol. The summed E-state index contributed by atoms with van der Waals surface area (Å²) in [4.78, 5) is 0. The van der Waals surface area contributed by atoms with E-state index in [1.54, 1.807) is 0 Å². The first kappa shape index (κ1) is 7.07. The van der Waals surface area contributed by atoms with Crippen molar-refractivity contribution in [3.8, 4) is 0 Å². The molecule has 0 aliphatic carbocycles. The van der Waals surface area contributed by atoms with Crippen LogP contribution in [0.25, 0.3) is 0 Å². The van der Waals surface area contributed by atoms with Gasteiger partial charge in [-0.3, -0.25) is 0 Å². The zero-order valence-electron chi connectivity index (χ0n) is 6.70. The number of rotatable bonds is 3. The van der Waals surface area contributed by atoms with Gasteiger partial charge in [0.05, 0.1) is 0 Å². The molecule has 2 unspecified atom stereocenters. The molecule has 1 aliphatic rings. The second kappa shape index (κ2) is 2.30. The predicted molar refractivity (Wildman–Crippen MR) is 40.5 cm³/mol. The molecular formula is C8H17N. The molecule has 1 nitrogen and oxygen atoms in total. The highest BCUT2D eigenvalue weighted by atomic mass is 15.1. The third kappa shape index (κ3) is 1.98. The summed E-state index contributed by atoms with van der Waals surface area (Å²) in [6, 6.07) is 0. The van der Waals surface area contributed by atoms with Crippen molar-refractivity contribution in [1.29, 1.82) is 0 Å². The lowest BCUT2D eigenvalue weighted by Crippen LogP contribution is -2.13. The third-order valence-corrected chi connectivity index (χ3v) is 2.28. The van der Waals surface area contributed by atoms with Crippen LogP contribution in [0, 0.1) is 5.92 Å². The minimum absolute atomic E-state index is 0.523. The van der Waals surface area contributed by atoms with E-state index in [-0.39, 0.29) is 0 Å². The summed E-state index contributed by atoms with van der Waals surface area (Å²) in [5.41, 5.74) is 0.523. The molecule has 1 fully saturated rings. The summed E-state index contributed by atoms with van der Waals surface area (Å²) < 4.78 is 0. The van der Waals surface area contributed by atoms with Gasteiger partial charge in [-0.2, -0.15) is 0 Å². The quantitative estimate of drug-likeness (QED) is 0.573. The Bertz CT molecular complexity index is 94.7. The lowest BCUT2D eigenvalue weighted by atomic mass is 9.95. The second-order valence-electron chi connectivity index (χ2n) is 3.63. The van der Waals surface area contributed by atoms with Gasteiger partial charge in [-0.25, -0.2) is 0 Å². The minimum Gasteiger partial charge on any atom is -0.308 e. The van der Waals surface area contributed by atoms with E-state index in [1.807, 2.05) is 0 Å². The Morgan fingerprint density at radius 3 is 2.56 bits per heavy atom. The summed E-state index contributed by atoms with van der Waals surface area (Å²) in [6.07, 6.45) is 2.67. The molecule has 0 aromatic heterocycles. The van der Waals surface area contributed by atoms with E-state index in [9.17, 15) is 0 Å². The molecule has 0 spiro atoms. The average Bonchev–Trinajstić information content (AvgIpc) is 2.48. The highest BCUT2D eigenvalue weighted by Crippen LogP contribution is 2.26. The Kier molecular flexibility index (Phi) is 1.80. The fraction of sp³-hybridized carbons (Fsp3) is 1.00. The number of hydrogen-bond acceptors (Lipinski definition) is 1. The maximum absolute atomic E-state index is 3.38. The van der Waals surface area contributed by atoms with Gasteiger partial charge in [0.15, 0.2) is 0 Å². The zero-order chi connectivity index (χ0) is 6.91. The van der Waals surface area contributed by atoms with Crippen LogP contribution in [0.1, 0.15) is 33.6 Å². The van der Waals surface area contributed by atoms with Crippen LogP contribution in [-0.4, -0.2) is 12.1 Å². The smallest absolute Gasteiger partial charge is 0.0281 e. The fourth-order valence-electron chi connectivity index (χ4n) is 1.21. The Labute approximate surface area is 57.8 Å². The summed E-state index contributed by atoms with van der Waals surface area (Å²) in [6.45, 7) is 8.12. The highest BCUT2D eigenvalue weighted by molar-refractivity contribution is 4.99. The molecule has 0 bridgehead atoms. The molecule has 54 valence electrons. The first-order chi connectivity index (χ1) is 4.16. The van der Waals surface area contributed by atoms with Crippen molar-refractivity contribution in [2.24, 2.45) is 5.92 Å². The monoisotopic (exact) mass is 127 g/mol. The maximum atomic E-state index is 3.38. The molecule has 1 saturated heterocycles. The van der Waals surface area contributed by atoms with Gasteiger partial charge in [0, 0.05) is 12.1 Å². The highest BCUT2D eigenvalue weighted by Gasteiger charge is 2.36. The van der Waals surface area contributed by atoms with Gasteiger partial charge in [-0.15, -0.1) is 0 Å². The first-order valence-corrected chi connectivity index (χ1v) is 3.91. The van der Waals surface area contributed by atoms with Crippen LogP contribution < -0.4 is 5.32 Å². The Morgan fingerprint density at radius 1 is 1.67 bits per heavy atom. The van der Waals surface area contributed by atoms with Gasteiger partial charge < -0.3 is 5.32 Å². The van der Waals surface area contributed by atoms with Crippen LogP contribution in [0.15, 0.2) is 0 Å². The van der Waals surface area contributed by atoms with Gasteiger partial charge in [-0.1, -0.05) is 20.3 Å². The standard InChI is InChI=1S/C8H17N/c1-4-7(2)5-8(3)6-9-8/h7,9H,4-6H2,1-3H3. The Hall–Kier alpha value is -0.0400. The molecule has 1 N–H and O–H groups in total. The van der Waals surface area contributed by atoms with E-state index in [2.05, 4.69) is 26.1 Å². The third-order valence-electron chi connectivity index (χ3n) is 2.28. The summed E-state index contributed by atoms with van der Waals surface area (Å²) in [5.74, 6) is 0.894.